The second kappa shape index (κ2) is 12.4. The van der Waals surface area contributed by atoms with Gasteiger partial charge in [-0.05, 0) is 53.4 Å². The molecule has 7 nitrogen and oxygen atoms in total. The second-order valence-corrected chi connectivity index (χ2v) is 10.6. The van der Waals surface area contributed by atoms with Crippen LogP contribution in [0.15, 0.2) is 53.3 Å². The van der Waals surface area contributed by atoms with Gasteiger partial charge in [-0.15, -0.1) is 11.3 Å². The number of carbonyl (C=O) groups excluding carboxylic acids is 1. The lowest BCUT2D eigenvalue weighted by molar-refractivity contribution is -0.151. The van der Waals surface area contributed by atoms with Crippen LogP contribution in [0.4, 0.5) is 8.78 Å². The molecule has 1 aliphatic rings. The molecular weight excluding hydrogens is 594 g/mol. The molecule has 2 atom stereocenters. The highest BCUT2D eigenvalue weighted by atomic mass is 79.9. The Bertz CT molecular complexity index is 1480. The van der Waals surface area contributed by atoms with Crippen LogP contribution in [0.1, 0.15) is 31.7 Å². The first-order valence-corrected chi connectivity index (χ1v) is 14.1. The van der Waals surface area contributed by atoms with Gasteiger partial charge in [0.05, 0.1) is 27.9 Å². The molecule has 0 spiro atoms. The Morgan fingerprint density at radius 3 is 2.82 bits per heavy atom. The molecular formula is C28H25BrF2N2O5S. The molecule has 204 valence electrons. The highest BCUT2D eigenvalue weighted by molar-refractivity contribution is 9.10. The second-order valence-electron chi connectivity index (χ2n) is 8.79. The zero-order valence-corrected chi connectivity index (χ0v) is 23.4. The number of benzene rings is 2. The average molecular weight is 619 g/mol. The lowest BCUT2D eigenvalue weighted by Crippen LogP contribution is -2.32. The van der Waals surface area contributed by atoms with Crippen LogP contribution in [0.3, 0.4) is 0 Å². The summed E-state index contributed by atoms with van der Waals surface area (Å²) in [6, 6.07) is 11.4. The van der Waals surface area contributed by atoms with Gasteiger partial charge in [-0.25, -0.2) is 23.5 Å². The number of para-hydroxylation sites is 1. The minimum absolute atomic E-state index is 0.0776. The molecule has 1 saturated heterocycles. The molecule has 0 radical (unpaired) electrons. The van der Waals surface area contributed by atoms with E-state index in [-0.39, 0.29) is 30.8 Å². The molecule has 5 rings (SSSR count). The van der Waals surface area contributed by atoms with Crippen molar-refractivity contribution in [1.82, 2.24) is 9.97 Å². The van der Waals surface area contributed by atoms with E-state index in [1.807, 2.05) is 24.3 Å². The number of rotatable bonds is 9. The van der Waals surface area contributed by atoms with Gasteiger partial charge < -0.3 is 18.9 Å². The number of fused-ring (bicyclic) bond motifs is 1. The Labute approximate surface area is 236 Å². The summed E-state index contributed by atoms with van der Waals surface area (Å²) < 4.78 is 52.3. The van der Waals surface area contributed by atoms with Gasteiger partial charge in [0.25, 0.3) is 0 Å². The van der Waals surface area contributed by atoms with E-state index in [2.05, 4.69) is 25.9 Å². The minimum atomic E-state index is -1.07. The Kier molecular flexibility index (Phi) is 8.69. The smallest absolute Gasteiger partial charge is 0.347 e. The van der Waals surface area contributed by atoms with Gasteiger partial charge in [0.2, 0.25) is 12.0 Å². The van der Waals surface area contributed by atoms with Crippen molar-refractivity contribution in [3.8, 4) is 22.1 Å². The molecule has 11 heteroatoms. The molecule has 39 heavy (non-hydrogen) atoms. The summed E-state index contributed by atoms with van der Waals surface area (Å²) in [7, 11) is 0. The predicted octanol–water partition coefficient (Wildman–Crippen LogP) is 6.86. The van der Waals surface area contributed by atoms with Crippen LogP contribution in [0.25, 0.3) is 20.7 Å². The summed E-state index contributed by atoms with van der Waals surface area (Å²) in [4.78, 5) is 22.5. The van der Waals surface area contributed by atoms with E-state index in [4.69, 9.17) is 18.9 Å². The number of hydrogen-bond acceptors (Lipinski definition) is 8. The molecule has 2 aromatic carbocycles. The molecule has 1 fully saturated rings. The van der Waals surface area contributed by atoms with E-state index in [0.29, 0.717) is 31.9 Å². The van der Waals surface area contributed by atoms with Crippen LogP contribution < -0.4 is 9.47 Å². The summed E-state index contributed by atoms with van der Waals surface area (Å²) in [5, 5.41) is 0.440. The highest BCUT2D eigenvalue weighted by Crippen LogP contribution is 2.45. The van der Waals surface area contributed by atoms with E-state index in [1.54, 1.807) is 6.92 Å². The zero-order chi connectivity index (χ0) is 27.4. The third kappa shape index (κ3) is 6.05. The molecule has 0 aliphatic carbocycles. The van der Waals surface area contributed by atoms with Gasteiger partial charge in [-0.1, -0.05) is 30.3 Å². The third-order valence-electron chi connectivity index (χ3n) is 6.17. The quantitative estimate of drug-likeness (QED) is 0.190. The Balaban J connectivity index is 1.48. The van der Waals surface area contributed by atoms with Gasteiger partial charge in [0.15, 0.2) is 17.9 Å². The highest BCUT2D eigenvalue weighted by Gasteiger charge is 2.28. The van der Waals surface area contributed by atoms with Gasteiger partial charge in [0.1, 0.15) is 16.9 Å². The number of aromatic nitrogens is 2. The van der Waals surface area contributed by atoms with Crippen LogP contribution >= 0.6 is 27.3 Å². The van der Waals surface area contributed by atoms with E-state index in [0.717, 1.165) is 42.2 Å². The summed E-state index contributed by atoms with van der Waals surface area (Å²) in [5.74, 6) is -1.80. The number of halogens is 3. The third-order valence-corrected chi connectivity index (χ3v) is 8.36. The molecule has 0 amide bonds. The van der Waals surface area contributed by atoms with Crippen LogP contribution in [0.5, 0.6) is 11.6 Å². The molecule has 1 unspecified atom stereocenters. The van der Waals surface area contributed by atoms with E-state index < -0.39 is 23.7 Å². The largest absolute Gasteiger partial charge is 0.465 e. The van der Waals surface area contributed by atoms with Crippen molar-refractivity contribution in [2.24, 2.45) is 0 Å². The van der Waals surface area contributed by atoms with Crippen molar-refractivity contribution < 1.29 is 32.5 Å². The molecule has 1 aliphatic heterocycles. The van der Waals surface area contributed by atoms with E-state index >= 15 is 0 Å². The van der Waals surface area contributed by atoms with Gasteiger partial charge >= 0.3 is 5.97 Å². The van der Waals surface area contributed by atoms with Crippen molar-refractivity contribution in [3.63, 3.8) is 0 Å². The van der Waals surface area contributed by atoms with Crippen molar-refractivity contribution in [2.45, 2.75) is 45.0 Å². The van der Waals surface area contributed by atoms with E-state index in [1.165, 1.54) is 18.5 Å². The van der Waals surface area contributed by atoms with Crippen molar-refractivity contribution in [2.75, 3.05) is 13.2 Å². The first-order chi connectivity index (χ1) is 19.0. The number of carbonyl (C=O) groups is 1. The molecule has 2 aromatic heterocycles. The van der Waals surface area contributed by atoms with Gasteiger partial charge in [0, 0.05) is 18.4 Å². The van der Waals surface area contributed by atoms with Crippen LogP contribution in [-0.2, 0) is 20.7 Å². The van der Waals surface area contributed by atoms with E-state index in [9.17, 15) is 13.6 Å². The first kappa shape index (κ1) is 27.4. The van der Waals surface area contributed by atoms with Crippen molar-refractivity contribution in [3.05, 3.63) is 70.5 Å². The maximum Gasteiger partial charge on any atom is 0.347 e. The summed E-state index contributed by atoms with van der Waals surface area (Å²) in [6.07, 6.45) is 2.81. The lowest BCUT2D eigenvalue weighted by Gasteiger charge is -2.25. The SMILES string of the molecule is CCOC(=O)[C@@H](Cc1ccccc1OC1CCCCO1)Oc1ncnc2sc(-c3cccc(F)c3F)c(Br)c12. The number of thiophene rings is 1. The fourth-order valence-electron chi connectivity index (χ4n) is 4.29. The summed E-state index contributed by atoms with van der Waals surface area (Å²) in [5.41, 5.74) is 0.815. The number of nitrogens with zero attached hydrogens (tertiary/aromatic N) is 2. The summed E-state index contributed by atoms with van der Waals surface area (Å²) in [6.45, 7) is 2.52. The standard InChI is InChI=1S/C28H25BrF2N2O5S/c1-2-35-28(34)20(14-16-8-3-4-11-19(16)37-21-12-5-6-13-36-21)38-26-22-23(29)25(39-27(22)33-15-32-26)17-9-7-10-18(30)24(17)31/h3-4,7-11,15,20-21H,2,5-6,12-14H2,1H3/t20-,21?/m1/s1. The number of esters is 1. The van der Waals surface area contributed by atoms with Crippen molar-refractivity contribution >= 4 is 43.5 Å². The normalized spacial score (nSPS) is 16.2. The molecule has 3 heterocycles. The topological polar surface area (TPSA) is 79.8 Å². The monoisotopic (exact) mass is 618 g/mol. The minimum Gasteiger partial charge on any atom is -0.465 e. The van der Waals surface area contributed by atoms with Crippen LogP contribution in [-0.4, -0.2) is 41.5 Å². The molecule has 0 N–H and O–H groups in total. The Morgan fingerprint density at radius 1 is 1.18 bits per heavy atom. The van der Waals surface area contributed by atoms with Crippen LogP contribution in [0.2, 0.25) is 0 Å². The Hall–Kier alpha value is -3.15. The zero-order valence-electron chi connectivity index (χ0n) is 21.0. The van der Waals surface area contributed by atoms with Gasteiger partial charge in [-0.3, -0.25) is 0 Å². The average Bonchev–Trinajstić information content (AvgIpc) is 3.28. The fraction of sp³-hybridized carbons (Fsp3) is 0.321. The fourth-order valence-corrected chi connectivity index (χ4v) is 6.28. The van der Waals surface area contributed by atoms with Gasteiger partial charge in [-0.2, -0.15) is 0 Å². The lowest BCUT2D eigenvalue weighted by atomic mass is 10.1. The maximum absolute atomic E-state index is 14.6. The summed E-state index contributed by atoms with van der Waals surface area (Å²) >= 11 is 4.65. The first-order valence-electron chi connectivity index (χ1n) is 12.5. The maximum atomic E-state index is 14.6. The van der Waals surface area contributed by atoms with Crippen molar-refractivity contribution in [1.29, 1.82) is 0 Å². The molecule has 0 bridgehead atoms. The molecule has 0 saturated carbocycles. The number of ether oxygens (including phenoxy) is 4. The van der Waals surface area contributed by atoms with Crippen LogP contribution in [0, 0.1) is 11.6 Å². The Morgan fingerprint density at radius 2 is 2.03 bits per heavy atom. The predicted molar refractivity (Wildman–Crippen MR) is 146 cm³/mol. The molecule has 4 aromatic rings. The number of hydrogen-bond donors (Lipinski definition) is 0.